The van der Waals surface area contributed by atoms with Crippen LogP contribution in [0.1, 0.15) is 18.9 Å². The van der Waals surface area contributed by atoms with E-state index in [1.54, 1.807) is 12.3 Å². The molecule has 0 spiro atoms. The van der Waals surface area contributed by atoms with Gasteiger partial charge in [-0.3, -0.25) is 4.79 Å². The zero-order chi connectivity index (χ0) is 11.1. The van der Waals surface area contributed by atoms with Crippen LogP contribution in [-0.4, -0.2) is 23.9 Å². The number of rotatable bonds is 6. The Bertz CT molecular complexity index is 325. The summed E-state index contributed by atoms with van der Waals surface area (Å²) in [7, 11) is 0. The largest absolute Gasteiger partial charge is 0.383 e. The first kappa shape index (κ1) is 11.7. The van der Waals surface area contributed by atoms with Gasteiger partial charge in [0, 0.05) is 18.2 Å². The van der Waals surface area contributed by atoms with Crippen LogP contribution in [0, 0.1) is 0 Å². The molecule has 1 aromatic heterocycles. The molecule has 4 nitrogen and oxygen atoms in total. The van der Waals surface area contributed by atoms with Gasteiger partial charge in [-0.05, 0) is 19.0 Å². The highest BCUT2D eigenvalue weighted by Crippen LogP contribution is 2.07. The minimum atomic E-state index is 0.142. The van der Waals surface area contributed by atoms with Crippen LogP contribution in [0.5, 0.6) is 0 Å². The maximum atomic E-state index is 11.5. The number of carbonyl (C=O) groups excluding carboxylic acids is 1. The molecule has 0 bridgehead atoms. The van der Waals surface area contributed by atoms with Crippen molar-refractivity contribution in [1.29, 1.82) is 0 Å². The lowest BCUT2D eigenvalue weighted by Gasteiger charge is -2.04. The number of nitrogens with one attached hydrogen (secondary N) is 1. The molecule has 0 aliphatic rings. The van der Waals surface area contributed by atoms with Crippen molar-refractivity contribution in [2.24, 2.45) is 0 Å². The maximum Gasteiger partial charge on any atom is 0.151 e. The van der Waals surface area contributed by atoms with Crippen LogP contribution in [0.2, 0.25) is 0 Å². The fraction of sp³-hybridized carbons (Fsp3) is 0.455. The standard InChI is InChI=1S/C11H17N3O/c1-2-5-13-8-10(15)7-9-4-3-6-14-11(9)12/h3-4,6,13H,2,5,7-8H2,1H3,(H2,12,14). The van der Waals surface area contributed by atoms with Gasteiger partial charge in [-0.1, -0.05) is 13.0 Å². The number of aromatic nitrogens is 1. The summed E-state index contributed by atoms with van der Waals surface area (Å²) in [6.45, 7) is 3.34. The van der Waals surface area contributed by atoms with E-state index in [4.69, 9.17) is 5.73 Å². The number of nitrogens with zero attached hydrogens (tertiary/aromatic N) is 1. The molecule has 0 aliphatic heterocycles. The summed E-state index contributed by atoms with van der Waals surface area (Å²) in [6, 6.07) is 3.62. The number of nitrogens with two attached hydrogens (primary N) is 1. The average Bonchev–Trinajstić information content (AvgIpc) is 2.22. The molecule has 0 saturated carbocycles. The normalized spacial score (nSPS) is 10.2. The predicted molar refractivity (Wildman–Crippen MR) is 60.5 cm³/mol. The number of anilines is 1. The molecule has 82 valence electrons. The van der Waals surface area contributed by atoms with Crippen molar-refractivity contribution in [3.63, 3.8) is 0 Å². The van der Waals surface area contributed by atoms with Crippen LogP contribution in [0.3, 0.4) is 0 Å². The van der Waals surface area contributed by atoms with E-state index < -0.39 is 0 Å². The minimum Gasteiger partial charge on any atom is -0.383 e. The van der Waals surface area contributed by atoms with Crippen molar-refractivity contribution in [1.82, 2.24) is 10.3 Å². The SMILES string of the molecule is CCCNCC(=O)Cc1cccnc1N. The number of pyridine rings is 1. The van der Waals surface area contributed by atoms with E-state index in [1.165, 1.54) is 0 Å². The van der Waals surface area contributed by atoms with Crippen molar-refractivity contribution in [3.8, 4) is 0 Å². The quantitative estimate of drug-likeness (QED) is 0.676. The zero-order valence-electron chi connectivity index (χ0n) is 8.99. The monoisotopic (exact) mass is 207 g/mol. The van der Waals surface area contributed by atoms with Gasteiger partial charge in [-0.15, -0.1) is 0 Å². The summed E-state index contributed by atoms with van der Waals surface area (Å²) < 4.78 is 0. The molecule has 0 fully saturated rings. The molecule has 1 rings (SSSR count). The van der Waals surface area contributed by atoms with Gasteiger partial charge < -0.3 is 11.1 Å². The van der Waals surface area contributed by atoms with E-state index in [0.717, 1.165) is 18.5 Å². The topological polar surface area (TPSA) is 68.0 Å². The Hall–Kier alpha value is -1.42. The van der Waals surface area contributed by atoms with Crippen molar-refractivity contribution >= 4 is 11.6 Å². The number of nitrogen functional groups attached to an aromatic ring is 1. The summed E-state index contributed by atoms with van der Waals surface area (Å²) in [4.78, 5) is 15.4. The lowest BCUT2D eigenvalue weighted by Crippen LogP contribution is -2.25. The Kier molecular flexibility index (Phi) is 4.77. The van der Waals surface area contributed by atoms with E-state index in [1.807, 2.05) is 6.07 Å². The van der Waals surface area contributed by atoms with E-state index in [9.17, 15) is 4.79 Å². The van der Waals surface area contributed by atoms with E-state index in [-0.39, 0.29) is 5.78 Å². The fourth-order valence-corrected chi connectivity index (χ4v) is 1.28. The molecule has 1 heterocycles. The third kappa shape index (κ3) is 4.08. The van der Waals surface area contributed by atoms with Gasteiger partial charge in [0.15, 0.2) is 5.78 Å². The third-order valence-electron chi connectivity index (χ3n) is 2.06. The molecule has 0 aromatic carbocycles. The molecule has 4 heteroatoms. The van der Waals surface area contributed by atoms with Crippen LogP contribution in [0.4, 0.5) is 5.82 Å². The second kappa shape index (κ2) is 6.14. The molecular weight excluding hydrogens is 190 g/mol. The molecule has 0 unspecified atom stereocenters. The Labute approximate surface area is 89.9 Å². The van der Waals surface area contributed by atoms with Crippen LogP contribution in [-0.2, 0) is 11.2 Å². The van der Waals surface area contributed by atoms with Gasteiger partial charge in [-0.25, -0.2) is 4.98 Å². The van der Waals surface area contributed by atoms with Gasteiger partial charge in [0.25, 0.3) is 0 Å². The maximum absolute atomic E-state index is 11.5. The summed E-state index contributed by atoms with van der Waals surface area (Å²) in [6.07, 6.45) is 3.01. The van der Waals surface area contributed by atoms with Gasteiger partial charge in [0.2, 0.25) is 0 Å². The molecule has 1 aromatic rings. The minimum absolute atomic E-state index is 0.142. The molecule has 0 saturated heterocycles. The summed E-state index contributed by atoms with van der Waals surface area (Å²) in [5.74, 6) is 0.587. The van der Waals surface area contributed by atoms with Crippen molar-refractivity contribution in [2.75, 3.05) is 18.8 Å². The molecule has 0 radical (unpaired) electrons. The van der Waals surface area contributed by atoms with Crippen LogP contribution in [0.25, 0.3) is 0 Å². The number of Topliss-reactive ketones (excluding diaryl/α,β-unsaturated/α-hetero) is 1. The molecule has 15 heavy (non-hydrogen) atoms. The Morgan fingerprint density at radius 1 is 1.60 bits per heavy atom. The first-order valence-electron chi connectivity index (χ1n) is 5.15. The smallest absolute Gasteiger partial charge is 0.151 e. The van der Waals surface area contributed by atoms with E-state index in [2.05, 4.69) is 17.2 Å². The lowest BCUT2D eigenvalue weighted by atomic mass is 10.1. The lowest BCUT2D eigenvalue weighted by molar-refractivity contribution is -0.117. The first-order chi connectivity index (χ1) is 7.24. The second-order valence-corrected chi connectivity index (χ2v) is 3.44. The number of hydrogen-bond donors (Lipinski definition) is 2. The summed E-state index contributed by atoms with van der Waals surface area (Å²) >= 11 is 0. The highest BCUT2D eigenvalue weighted by molar-refractivity contribution is 5.83. The molecule has 0 atom stereocenters. The Morgan fingerprint density at radius 2 is 2.40 bits per heavy atom. The second-order valence-electron chi connectivity index (χ2n) is 3.44. The Balaban J connectivity index is 2.41. The van der Waals surface area contributed by atoms with Crippen molar-refractivity contribution in [3.05, 3.63) is 23.9 Å². The third-order valence-corrected chi connectivity index (χ3v) is 2.06. The van der Waals surface area contributed by atoms with Gasteiger partial charge >= 0.3 is 0 Å². The van der Waals surface area contributed by atoms with Crippen molar-refractivity contribution in [2.45, 2.75) is 19.8 Å². The van der Waals surface area contributed by atoms with E-state index >= 15 is 0 Å². The number of ketones is 1. The summed E-state index contributed by atoms with van der Waals surface area (Å²) in [5.41, 5.74) is 6.45. The number of hydrogen-bond acceptors (Lipinski definition) is 4. The van der Waals surface area contributed by atoms with E-state index in [0.29, 0.717) is 18.8 Å². The van der Waals surface area contributed by atoms with Gasteiger partial charge in [0.05, 0.1) is 6.54 Å². The number of carbonyl (C=O) groups is 1. The molecule has 3 N–H and O–H groups in total. The van der Waals surface area contributed by atoms with Crippen molar-refractivity contribution < 1.29 is 4.79 Å². The zero-order valence-corrected chi connectivity index (χ0v) is 8.99. The fourth-order valence-electron chi connectivity index (χ4n) is 1.28. The van der Waals surface area contributed by atoms with Crippen LogP contribution >= 0.6 is 0 Å². The van der Waals surface area contributed by atoms with Crippen LogP contribution in [0.15, 0.2) is 18.3 Å². The van der Waals surface area contributed by atoms with Crippen LogP contribution < -0.4 is 11.1 Å². The van der Waals surface area contributed by atoms with Gasteiger partial charge in [0.1, 0.15) is 5.82 Å². The highest BCUT2D eigenvalue weighted by atomic mass is 16.1. The molecular formula is C11H17N3O. The highest BCUT2D eigenvalue weighted by Gasteiger charge is 2.05. The first-order valence-corrected chi connectivity index (χ1v) is 5.15. The Morgan fingerprint density at radius 3 is 3.07 bits per heavy atom. The molecule has 0 amide bonds. The predicted octanol–water partition coefficient (Wildman–Crippen LogP) is 0.775. The average molecular weight is 207 g/mol. The summed E-state index contributed by atoms with van der Waals surface area (Å²) in [5, 5.41) is 3.06. The van der Waals surface area contributed by atoms with Gasteiger partial charge in [-0.2, -0.15) is 0 Å². The molecule has 0 aliphatic carbocycles.